The first-order valence-corrected chi connectivity index (χ1v) is 15.1. The van der Waals surface area contributed by atoms with Crippen molar-refractivity contribution in [2.45, 2.75) is 57.7 Å². The fraction of sp³-hybridized carbons (Fsp3) is 0.367. The van der Waals surface area contributed by atoms with E-state index in [1.165, 1.54) is 23.1 Å². The topological polar surface area (TPSA) is 137 Å². The monoisotopic (exact) mass is 593 g/mol. The number of anilines is 1. The minimum Gasteiger partial charge on any atom is -0.392 e. The highest BCUT2D eigenvalue weighted by Crippen LogP contribution is 2.43. The molecule has 1 saturated carbocycles. The lowest BCUT2D eigenvalue weighted by molar-refractivity contribution is -0.119. The molecule has 3 aromatic rings. The number of nitrogens with one attached hydrogen (secondary N) is 2. The Balaban J connectivity index is 1.28. The van der Waals surface area contributed by atoms with Gasteiger partial charge in [-0.1, -0.05) is 84.6 Å². The molecular weight excluding hydrogens is 558 g/mol. The van der Waals surface area contributed by atoms with Gasteiger partial charge in [-0.2, -0.15) is 0 Å². The van der Waals surface area contributed by atoms with Crippen LogP contribution in [0.1, 0.15) is 58.9 Å². The molecule has 2 aromatic carbocycles. The van der Waals surface area contributed by atoms with Gasteiger partial charge in [-0.25, -0.2) is 0 Å². The van der Waals surface area contributed by atoms with Gasteiger partial charge in [-0.05, 0) is 52.3 Å². The van der Waals surface area contributed by atoms with Crippen LogP contribution in [0.15, 0.2) is 65.0 Å². The average Bonchev–Trinajstić information content (AvgIpc) is 3.45. The van der Waals surface area contributed by atoms with E-state index in [0.717, 1.165) is 57.8 Å². The number of hydrogen-bond acceptors (Lipinski definition) is 9. The van der Waals surface area contributed by atoms with Crippen LogP contribution in [-0.4, -0.2) is 44.4 Å². The maximum atomic E-state index is 12.6. The predicted octanol–water partition coefficient (Wildman–Crippen LogP) is 4.57. The number of aliphatic hydroxyl groups is 2. The van der Waals surface area contributed by atoms with Crippen molar-refractivity contribution in [3.63, 3.8) is 0 Å². The summed E-state index contributed by atoms with van der Waals surface area (Å²) in [5, 5.41) is 34.8. The molecule has 1 aliphatic rings. The van der Waals surface area contributed by atoms with Gasteiger partial charge < -0.3 is 20.8 Å². The molecule has 9 nitrogen and oxygen atoms in total. The van der Waals surface area contributed by atoms with E-state index in [1.807, 2.05) is 48.5 Å². The molecular formula is C30H35N5O4S2. The van der Waals surface area contributed by atoms with Gasteiger partial charge in [0.2, 0.25) is 16.9 Å². The Kier molecular flexibility index (Phi) is 11.2. The van der Waals surface area contributed by atoms with E-state index < -0.39 is 0 Å². The Morgan fingerprint density at radius 1 is 1.00 bits per heavy atom. The zero-order chi connectivity index (χ0) is 29.2. The van der Waals surface area contributed by atoms with E-state index in [-0.39, 0.29) is 49.7 Å². The molecule has 11 heteroatoms. The number of allylic oxidation sites excluding steroid dienone is 1. The van der Waals surface area contributed by atoms with Crippen molar-refractivity contribution >= 4 is 45.2 Å². The van der Waals surface area contributed by atoms with Gasteiger partial charge in [-0.3, -0.25) is 14.6 Å². The van der Waals surface area contributed by atoms with Gasteiger partial charge in [0.25, 0.3) is 0 Å². The third kappa shape index (κ3) is 9.06. The van der Waals surface area contributed by atoms with Crippen LogP contribution < -0.4 is 10.6 Å². The van der Waals surface area contributed by atoms with Crippen molar-refractivity contribution in [1.29, 1.82) is 0 Å². The maximum absolute atomic E-state index is 12.6. The summed E-state index contributed by atoms with van der Waals surface area (Å²) in [5.74, 6) is 0.0935. The molecule has 0 unspecified atom stereocenters. The Bertz CT molecular complexity index is 1410. The first kappa shape index (κ1) is 30.6. The van der Waals surface area contributed by atoms with Gasteiger partial charge in [0.05, 0.1) is 26.1 Å². The van der Waals surface area contributed by atoms with Crippen LogP contribution in [0.2, 0.25) is 0 Å². The Hall–Kier alpha value is -3.38. The van der Waals surface area contributed by atoms with Crippen LogP contribution in [0.5, 0.6) is 0 Å². The zero-order valence-corrected chi connectivity index (χ0v) is 24.6. The highest BCUT2D eigenvalue weighted by molar-refractivity contribution is 8.17. The Morgan fingerprint density at radius 2 is 1.63 bits per heavy atom. The molecule has 0 spiro atoms. The first-order chi connectivity index (χ1) is 19.9. The summed E-state index contributed by atoms with van der Waals surface area (Å²) >= 11 is 2.79. The number of aliphatic hydroxyl groups excluding tert-OH is 2. The largest absolute Gasteiger partial charge is 0.392 e. The number of amides is 2. The molecule has 2 amide bonds. The molecule has 4 rings (SSSR count). The van der Waals surface area contributed by atoms with Crippen molar-refractivity contribution in [3.8, 4) is 0 Å². The standard InChI is InChI=1S/C30H35N5O4S2/c1-19(40-29(31-2)32-26(38)14-20-6-3-8-22(12-20)17-36)24-10-5-11-25(16-24)28-34-35-30(41-28)33-27(39)15-21-7-4-9-23(13-21)18-37/h3-4,6-9,12-13,24-25,36-37H,1,5,10-11,14-18H2,2H3,(H,31,32,38)(H,33,35,39)/t24-,25-/m0/s1. The quantitative estimate of drug-likeness (QED) is 0.200. The number of thioether (sulfide) groups is 1. The molecule has 0 radical (unpaired) electrons. The highest BCUT2D eigenvalue weighted by Gasteiger charge is 2.28. The van der Waals surface area contributed by atoms with E-state index in [1.54, 1.807) is 7.05 Å². The van der Waals surface area contributed by atoms with Crippen molar-refractivity contribution in [2.75, 3.05) is 12.4 Å². The van der Waals surface area contributed by atoms with Crippen molar-refractivity contribution in [1.82, 2.24) is 15.5 Å². The molecule has 1 heterocycles. The summed E-state index contributed by atoms with van der Waals surface area (Å²) in [7, 11) is 1.65. The third-order valence-electron chi connectivity index (χ3n) is 6.92. The summed E-state index contributed by atoms with van der Waals surface area (Å²) < 4.78 is 0. The number of rotatable bonds is 10. The molecule has 41 heavy (non-hydrogen) atoms. The highest BCUT2D eigenvalue weighted by atomic mass is 32.2. The number of benzene rings is 2. The molecule has 1 aliphatic carbocycles. The molecule has 4 N–H and O–H groups in total. The second-order valence-corrected chi connectivity index (χ2v) is 12.1. The SMILES string of the molecule is C=C(SC(=NC)NC(=O)Cc1cccc(CO)c1)[C@H]1CCC[C@H](c2nnc(NC(=O)Cc3cccc(CO)c3)s2)C1. The average molecular weight is 594 g/mol. The molecule has 0 aliphatic heterocycles. The van der Waals surface area contributed by atoms with Crippen LogP contribution in [0.3, 0.4) is 0 Å². The number of carbonyl (C=O) groups is 2. The van der Waals surface area contributed by atoms with Gasteiger partial charge >= 0.3 is 0 Å². The number of aliphatic imine (C=N–C) groups is 1. The van der Waals surface area contributed by atoms with Crippen molar-refractivity contribution < 1.29 is 19.8 Å². The minimum absolute atomic E-state index is 0.0647. The van der Waals surface area contributed by atoms with E-state index in [4.69, 9.17) is 0 Å². The minimum atomic E-state index is -0.177. The normalized spacial score (nSPS) is 17.2. The van der Waals surface area contributed by atoms with Crippen molar-refractivity contribution in [2.24, 2.45) is 10.9 Å². The summed E-state index contributed by atoms with van der Waals surface area (Å²) in [5.41, 5.74) is 3.19. The van der Waals surface area contributed by atoms with Crippen LogP contribution in [-0.2, 0) is 35.6 Å². The fourth-order valence-electron chi connectivity index (χ4n) is 4.86. The number of aromatic nitrogens is 2. The number of hydrogen-bond donors (Lipinski definition) is 4. The lowest BCUT2D eigenvalue weighted by Gasteiger charge is -2.28. The lowest BCUT2D eigenvalue weighted by atomic mass is 9.82. The number of carbonyl (C=O) groups excluding carboxylic acids is 2. The second kappa shape index (κ2) is 15.0. The summed E-state index contributed by atoms with van der Waals surface area (Å²) in [6.07, 6.45) is 4.25. The van der Waals surface area contributed by atoms with E-state index >= 15 is 0 Å². The Morgan fingerprint density at radius 3 is 2.27 bits per heavy atom. The van der Waals surface area contributed by atoms with Crippen LogP contribution in [0.4, 0.5) is 5.13 Å². The van der Waals surface area contributed by atoms with Gasteiger partial charge in [0.15, 0.2) is 5.17 Å². The van der Waals surface area contributed by atoms with Crippen LogP contribution in [0, 0.1) is 5.92 Å². The van der Waals surface area contributed by atoms with Crippen molar-refractivity contribution in [3.05, 3.63) is 87.3 Å². The van der Waals surface area contributed by atoms with Gasteiger partial charge in [0.1, 0.15) is 5.01 Å². The first-order valence-electron chi connectivity index (χ1n) is 13.5. The van der Waals surface area contributed by atoms with Gasteiger partial charge in [-0.15, -0.1) is 10.2 Å². The number of nitrogens with zero attached hydrogens (tertiary/aromatic N) is 3. The molecule has 216 valence electrons. The second-order valence-electron chi connectivity index (χ2n) is 10.0. The van der Waals surface area contributed by atoms with Crippen LogP contribution >= 0.6 is 23.1 Å². The predicted molar refractivity (Wildman–Crippen MR) is 164 cm³/mol. The summed E-state index contributed by atoms with van der Waals surface area (Å²) in [4.78, 5) is 30.4. The van der Waals surface area contributed by atoms with Crippen LogP contribution in [0.25, 0.3) is 0 Å². The molecule has 0 bridgehead atoms. The fourth-order valence-corrected chi connectivity index (χ4v) is 6.66. The van der Waals surface area contributed by atoms with E-state index in [9.17, 15) is 19.8 Å². The third-order valence-corrected chi connectivity index (χ3v) is 8.99. The molecule has 0 saturated heterocycles. The summed E-state index contributed by atoms with van der Waals surface area (Å²) in [6, 6.07) is 14.6. The Labute approximate surface area is 248 Å². The summed E-state index contributed by atoms with van der Waals surface area (Å²) in [6.45, 7) is 4.17. The smallest absolute Gasteiger partial charge is 0.230 e. The maximum Gasteiger partial charge on any atom is 0.230 e. The van der Waals surface area contributed by atoms with Gasteiger partial charge in [0, 0.05) is 13.0 Å². The molecule has 2 atom stereocenters. The van der Waals surface area contributed by atoms with E-state index in [2.05, 4.69) is 32.4 Å². The van der Waals surface area contributed by atoms with E-state index in [0.29, 0.717) is 10.3 Å². The molecule has 1 aromatic heterocycles. The lowest BCUT2D eigenvalue weighted by Crippen LogP contribution is -2.30. The zero-order valence-electron chi connectivity index (χ0n) is 23.0. The molecule has 1 fully saturated rings. The number of amidine groups is 1.